The number of piperazine rings is 1. The van der Waals surface area contributed by atoms with E-state index in [0.717, 1.165) is 42.6 Å². The van der Waals surface area contributed by atoms with Crippen LogP contribution in [-0.2, 0) is 0 Å². The summed E-state index contributed by atoms with van der Waals surface area (Å²) in [6.07, 6.45) is 0. The van der Waals surface area contributed by atoms with Crippen LogP contribution in [0.3, 0.4) is 0 Å². The summed E-state index contributed by atoms with van der Waals surface area (Å²) in [5, 5.41) is 5.40. The van der Waals surface area contributed by atoms with Crippen molar-refractivity contribution < 1.29 is 9.59 Å². The molecule has 0 unspecified atom stereocenters. The largest absolute Gasteiger partial charge is 0.368 e. The lowest BCUT2D eigenvalue weighted by atomic mass is 9.92. The summed E-state index contributed by atoms with van der Waals surface area (Å²) in [5.41, 5.74) is 2.54. The first-order valence-electron chi connectivity index (χ1n) is 9.31. The van der Waals surface area contributed by atoms with E-state index in [2.05, 4.69) is 10.2 Å². The van der Waals surface area contributed by atoms with Crippen molar-refractivity contribution in [1.29, 1.82) is 0 Å². The maximum Gasteiger partial charge on any atom is 0.266 e. The predicted octanol–water partition coefficient (Wildman–Crippen LogP) is 3.70. The Kier molecular flexibility index (Phi) is 4.07. The van der Waals surface area contributed by atoms with Crippen LogP contribution >= 0.6 is 11.6 Å². The monoisotopic (exact) mass is 391 g/mol. The maximum absolute atomic E-state index is 13.3. The molecule has 0 radical (unpaired) electrons. The van der Waals surface area contributed by atoms with Gasteiger partial charge in [-0.1, -0.05) is 35.9 Å². The second kappa shape index (κ2) is 6.62. The van der Waals surface area contributed by atoms with Crippen LogP contribution in [0.15, 0.2) is 54.6 Å². The fourth-order valence-corrected chi connectivity index (χ4v) is 4.33. The fraction of sp³-hybridized carbons (Fsp3) is 0.182. The number of anilines is 2. The molecular formula is C22H18ClN3O2. The Morgan fingerprint density at radius 2 is 1.50 bits per heavy atom. The van der Waals surface area contributed by atoms with Gasteiger partial charge in [0.15, 0.2) is 0 Å². The molecule has 0 atom stereocenters. The van der Waals surface area contributed by atoms with Crippen LogP contribution in [0, 0.1) is 0 Å². The number of carbonyl (C=O) groups is 2. The number of imide groups is 1. The Morgan fingerprint density at radius 1 is 0.786 bits per heavy atom. The Labute approximate surface area is 167 Å². The molecule has 28 heavy (non-hydrogen) atoms. The van der Waals surface area contributed by atoms with Crippen molar-refractivity contribution in [2.45, 2.75) is 0 Å². The van der Waals surface area contributed by atoms with Crippen molar-refractivity contribution in [2.24, 2.45) is 0 Å². The molecule has 1 saturated heterocycles. The fourth-order valence-electron chi connectivity index (χ4n) is 4.11. The topological polar surface area (TPSA) is 52.7 Å². The molecule has 6 heteroatoms. The lowest BCUT2D eigenvalue weighted by Gasteiger charge is -2.33. The van der Waals surface area contributed by atoms with E-state index in [4.69, 9.17) is 11.6 Å². The summed E-state index contributed by atoms with van der Waals surface area (Å²) in [4.78, 5) is 30.0. The Morgan fingerprint density at radius 3 is 2.25 bits per heavy atom. The van der Waals surface area contributed by atoms with Crippen LogP contribution in [0.1, 0.15) is 20.7 Å². The molecule has 0 aromatic heterocycles. The van der Waals surface area contributed by atoms with Gasteiger partial charge in [0, 0.05) is 53.8 Å². The van der Waals surface area contributed by atoms with Gasteiger partial charge in [0.05, 0.1) is 10.7 Å². The van der Waals surface area contributed by atoms with Crippen molar-refractivity contribution in [3.63, 3.8) is 0 Å². The minimum atomic E-state index is -0.339. The molecule has 0 aliphatic carbocycles. The minimum Gasteiger partial charge on any atom is -0.368 e. The molecule has 0 saturated carbocycles. The molecule has 2 aliphatic rings. The first kappa shape index (κ1) is 17.2. The number of para-hydroxylation sites is 1. The zero-order chi connectivity index (χ0) is 19.3. The summed E-state index contributed by atoms with van der Waals surface area (Å²) >= 11 is 6.29. The highest BCUT2D eigenvalue weighted by Gasteiger charge is 2.35. The van der Waals surface area contributed by atoms with Crippen LogP contribution in [0.2, 0.25) is 5.02 Å². The number of nitrogens with one attached hydrogen (secondary N) is 1. The number of amides is 2. The highest BCUT2D eigenvalue weighted by Crippen LogP contribution is 2.38. The van der Waals surface area contributed by atoms with Crippen LogP contribution in [0.5, 0.6) is 0 Å². The molecule has 0 bridgehead atoms. The molecule has 1 N–H and O–H groups in total. The molecule has 140 valence electrons. The second-order valence-electron chi connectivity index (χ2n) is 6.99. The number of nitrogens with zero attached hydrogens (tertiary/aromatic N) is 2. The zero-order valence-electron chi connectivity index (χ0n) is 15.1. The number of halogens is 1. The molecule has 2 heterocycles. The van der Waals surface area contributed by atoms with E-state index in [1.165, 1.54) is 4.90 Å². The highest BCUT2D eigenvalue weighted by atomic mass is 35.5. The number of benzene rings is 3. The summed E-state index contributed by atoms with van der Waals surface area (Å²) in [7, 11) is 0. The van der Waals surface area contributed by atoms with Crippen molar-refractivity contribution in [3.8, 4) is 0 Å². The first-order chi connectivity index (χ1) is 13.7. The molecule has 2 amide bonds. The Hall–Kier alpha value is -2.89. The van der Waals surface area contributed by atoms with Crippen LogP contribution in [0.25, 0.3) is 10.8 Å². The molecule has 5 nitrogen and oxygen atoms in total. The molecule has 3 aromatic rings. The van der Waals surface area contributed by atoms with Crippen molar-refractivity contribution >= 4 is 45.6 Å². The first-order valence-corrected chi connectivity index (χ1v) is 9.69. The lowest BCUT2D eigenvalue weighted by Crippen LogP contribution is -2.44. The SMILES string of the molecule is O=C1c2cccc3c(N4CCNCC4)ccc(c23)C(=O)N1c1ccccc1Cl. The second-order valence-corrected chi connectivity index (χ2v) is 7.40. The highest BCUT2D eigenvalue weighted by molar-refractivity contribution is 6.40. The van der Waals surface area contributed by atoms with Crippen molar-refractivity contribution in [1.82, 2.24) is 5.32 Å². The van der Waals surface area contributed by atoms with Gasteiger partial charge in [-0.25, -0.2) is 4.90 Å². The summed E-state index contributed by atoms with van der Waals surface area (Å²) in [6, 6.07) is 16.4. The van der Waals surface area contributed by atoms with Gasteiger partial charge in [-0.05, 0) is 30.3 Å². The van der Waals surface area contributed by atoms with Gasteiger partial charge in [-0.15, -0.1) is 0 Å². The summed E-state index contributed by atoms with van der Waals surface area (Å²) in [5.74, 6) is -0.678. The molecular weight excluding hydrogens is 374 g/mol. The average Bonchev–Trinajstić information content (AvgIpc) is 2.73. The van der Waals surface area contributed by atoms with Gasteiger partial charge in [-0.3, -0.25) is 9.59 Å². The summed E-state index contributed by atoms with van der Waals surface area (Å²) in [6.45, 7) is 3.63. The van der Waals surface area contributed by atoms with E-state index in [0.29, 0.717) is 21.8 Å². The lowest BCUT2D eigenvalue weighted by molar-refractivity contribution is 0.0893. The standard InChI is InChI=1S/C22H18ClN3O2/c23-17-6-1-2-7-19(17)26-21(27)15-5-3-4-14-18(25-12-10-24-11-13-25)9-8-16(20(14)15)22(26)28/h1-9,24H,10-13H2. The maximum atomic E-state index is 13.3. The van der Waals surface area contributed by atoms with Crippen LogP contribution in [0.4, 0.5) is 11.4 Å². The van der Waals surface area contributed by atoms with Gasteiger partial charge >= 0.3 is 0 Å². The van der Waals surface area contributed by atoms with Gasteiger partial charge < -0.3 is 10.2 Å². The Bertz CT molecular complexity index is 1100. The molecule has 0 spiro atoms. The summed E-state index contributed by atoms with van der Waals surface area (Å²) < 4.78 is 0. The van der Waals surface area contributed by atoms with Crippen LogP contribution < -0.4 is 15.1 Å². The van der Waals surface area contributed by atoms with E-state index < -0.39 is 0 Å². The minimum absolute atomic E-state index is 0.339. The van der Waals surface area contributed by atoms with E-state index in [9.17, 15) is 9.59 Å². The third-order valence-corrected chi connectivity index (χ3v) is 5.76. The number of carbonyl (C=O) groups excluding carboxylic acids is 2. The van der Waals surface area contributed by atoms with Gasteiger partial charge in [0.1, 0.15) is 0 Å². The van der Waals surface area contributed by atoms with E-state index in [1.54, 1.807) is 30.3 Å². The predicted molar refractivity (Wildman–Crippen MR) is 112 cm³/mol. The number of rotatable bonds is 2. The van der Waals surface area contributed by atoms with Crippen molar-refractivity contribution in [3.05, 3.63) is 70.7 Å². The quantitative estimate of drug-likeness (QED) is 0.677. The van der Waals surface area contributed by atoms with Gasteiger partial charge in [0.25, 0.3) is 11.8 Å². The Balaban J connectivity index is 1.70. The van der Waals surface area contributed by atoms with E-state index in [1.807, 2.05) is 24.3 Å². The molecule has 3 aromatic carbocycles. The van der Waals surface area contributed by atoms with Gasteiger partial charge in [0.2, 0.25) is 0 Å². The number of hydrogen-bond acceptors (Lipinski definition) is 4. The molecule has 1 fully saturated rings. The molecule has 2 aliphatic heterocycles. The third-order valence-electron chi connectivity index (χ3n) is 5.44. The zero-order valence-corrected chi connectivity index (χ0v) is 15.9. The third kappa shape index (κ3) is 2.51. The van der Waals surface area contributed by atoms with Gasteiger partial charge in [-0.2, -0.15) is 0 Å². The smallest absolute Gasteiger partial charge is 0.266 e. The molecule has 5 rings (SSSR count). The van der Waals surface area contributed by atoms with E-state index in [-0.39, 0.29) is 11.8 Å². The number of hydrogen-bond donors (Lipinski definition) is 1. The van der Waals surface area contributed by atoms with Crippen molar-refractivity contribution in [2.75, 3.05) is 36.0 Å². The normalized spacial score (nSPS) is 16.8. The average molecular weight is 392 g/mol. The van der Waals surface area contributed by atoms with E-state index >= 15 is 0 Å². The van der Waals surface area contributed by atoms with Crippen LogP contribution in [-0.4, -0.2) is 38.0 Å².